The molecule has 0 bridgehead atoms. The third kappa shape index (κ3) is 2.96. The van der Waals surface area contributed by atoms with Gasteiger partial charge >= 0.3 is 0 Å². The van der Waals surface area contributed by atoms with Crippen LogP contribution in [-0.4, -0.2) is 44.7 Å². The number of fused-ring (bicyclic) bond motifs is 2. The van der Waals surface area contributed by atoms with Gasteiger partial charge in [-0.1, -0.05) is 0 Å². The zero-order valence-electron chi connectivity index (χ0n) is 14.4. The largest absolute Gasteiger partial charge is 0.370 e. The van der Waals surface area contributed by atoms with Crippen LogP contribution in [0.2, 0.25) is 0 Å². The summed E-state index contributed by atoms with van der Waals surface area (Å²) >= 11 is 0. The first-order chi connectivity index (χ1) is 11.5. The van der Waals surface area contributed by atoms with E-state index in [-0.39, 0.29) is 11.2 Å². The number of rotatable bonds is 3. The molecule has 0 radical (unpaired) electrons. The van der Waals surface area contributed by atoms with Crippen LogP contribution in [-0.2, 0) is 24.3 Å². The van der Waals surface area contributed by atoms with E-state index in [2.05, 4.69) is 28.7 Å². The molecule has 1 saturated heterocycles. The van der Waals surface area contributed by atoms with Crippen molar-refractivity contribution in [1.82, 2.24) is 19.4 Å². The number of nitrogens with zero attached hydrogens (tertiary/aromatic N) is 4. The Hall–Kier alpha value is -1.79. The van der Waals surface area contributed by atoms with Crippen molar-refractivity contribution >= 4 is 11.0 Å². The fourth-order valence-corrected chi connectivity index (χ4v) is 3.59. The Morgan fingerprint density at radius 3 is 2.83 bits per heavy atom. The molecule has 0 aliphatic carbocycles. The third-order valence-corrected chi connectivity index (χ3v) is 5.05. The molecule has 0 saturated carbocycles. The minimum atomic E-state index is -0.210. The first-order valence-corrected chi connectivity index (χ1v) is 8.76. The van der Waals surface area contributed by atoms with E-state index < -0.39 is 0 Å². The fourth-order valence-electron chi connectivity index (χ4n) is 3.59. The summed E-state index contributed by atoms with van der Waals surface area (Å²) in [5, 5.41) is 0.598. The molecule has 2 aliphatic rings. The Bertz CT molecular complexity index is 822. The quantitative estimate of drug-likeness (QED) is 0.859. The van der Waals surface area contributed by atoms with Gasteiger partial charge in [0.05, 0.1) is 23.3 Å². The lowest BCUT2D eigenvalue weighted by Crippen LogP contribution is -2.33. The topological polar surface area (TPSA) is 60.2 Å². The maximum atomic E-state index is 12.8. The summed E-state index contributed by atoms with van der Waals surface area (Å²) in [7, 11) is 0. The molecule has 6 heteroatoms. The summed E-state index contributed by atoms with van der Waals surface area (Å²) in [6, 6.07) is 1.93. The highest BCUT2D eigenvalue weighted by Crippen LogP contribution is 2.27. The Labute approximate surface area is 141 Å². The number of ether oxygens (including phenoxy) is 1. The minimum absolute atomic E-state index is 0.000620. The third-order valence-electron chi connectivity index (χ3n) is 5.05. The van der Waals surface area contributed by atoms with Crippen LogP contribution in [0.5, 0.6) is 0 Å². The summed E-state index contributed by atoms with van der Waals surface area (Å²) in [6.45, 7) is 8.49. The van der Waals surface area contributed by atoms with E-state index in [0.29, 0.717) is 24.2 Å². The Morgan fingerprint density at radius 2 is 2.04 bits per heavy atom. The van der Waals surface area contributed by atoms with Gasteiger partial charge in [-0.15, -0.1) is 0 Å². The Kier molecular flexibility index (Phi) is 3.89. The van der Waals surface area contributed by atoms with Gasteiger partial charge in [0.1, 0.15) is 6.33 Å². The van der Waals surface area contributed by atoms with Crippen LogP contribution in [0.4, 0.5) is 0 Å². The molecule has 2 aromatic heterocycles. The number of aromatic nitrogens is 3. The van der Waals surface area contributed by atoms with Gasteiger partial charge in [0.25, 0.3) is 5.56 Å². The molecule has 0 N–H and O–H groups in total. The first-order valence-electron chi connectivity index (χ1n) is 8.76. The van der Waals surface area contributed by atoms with Crippen molar-refractivity contribution in [3.05, 3.63) is 34.0 Å². The second-order valence-electron chi connectivity index (χ2n) is 7.48. The molecular formula is C18H24N4O2. The Balaban J connectivity index is 1.65. The maximum absolute atomic E-state index is 12.8. The lowest BCUT2D eigenvalue weighted by atomic mass is 9.95. The predicted molar refractivity (Wildman–Crippen MR) is 92.0 cm³/mol. The van der Waals surface area contributed by atoms with Gasteiger partial charge < -0.3 is 9.64 Å². The molecule has 0 atom stereocenters. The lowest BCUT2D eigenvalue weighted by Gasteiger charge is -2.31. The molecule has 4 heterocycles. The van der Waals surface area contributed by atoms with Crippen LogP contribution in [0.1, 0.15) is 37.9 Å². The van der Waals surface area contributed by atoms with E-state index >= 15 is 0 Å². The molecule has 0 aromatic carbocycles. The highest BCUT2D eigenvalue weighted by Gasteiger charge is 2.27. The van der Waals surface area contributed by atoms with Gasteiger partial charge in [-0.25, -0.2) is 9.97 Å². The van der Waals surface area contributed by atoms with E-state index in [0.717, 1.165) is 37.3 Å². The molecule has 1 fully saturated rings. The zero-order chi connectivity index (χ0) is 16.7. The molecule has 4 rings (SSSR count). The van der Waals surface area contributed by atoms with Crippen LogP contribution in [0.15, 0.2) is 17.2 Å². The Morgan fingerprint density at radius 1 is 1.25 bits per heavy atom. The van der Waals surface area contributed by atoms with Crippen molar-refractivity contribution in [3.8, 4) is 0 Å². The van der Waals surface area contributed by atoms with Crippen molar-refractivity contribution in [2.24, 2.45) is 0 Å². The smallest absolute Gasteiger partial charge is 0.262 e. The van der Waals surface area contributed by atoms with Crippen molar-refractivity contribution < 1.29 is 4.74 Å². The second kappa shape index (κ2) is 5.93. The molecule has 2 aliphatic heterocycles. The van der Waals surface area contributed by atoms with Gasteiger partial charge in [-0.2, -0.15) is 0 Å². The molecule has 2 aromatic rings. The zero-order valence-corrected chi connectivity index (χ0v) is 14.4. The molecule has 0 amide bonds. The number of pyridine rings is 1. The van der Waals surface area contributed by atoms with Gasteiger partial charge in [-0.3, -0.25) is 9.36 Å². The number of likely N-dealkylation sites (tertiary alicyclic amines) is 1. The van der Waals surface area contributed by atoms with E-state index in [4.69, 9.17) is 4.74 Å². The molecular weight excluding hydrogens is 304 g/mol. The summed E-state index contributed by atoms with van der Waals surface area (Å²) < 4.78 is 7.56. The SMILES string of the molecule is CC1(C)Cc2nc3ncn(CCN4CCCC4)c(=O)c3cc2CO1. The summed E-state index contributed by atoms with van der Waals surface area (Å²) in [6.07, 6.45) is 4.91. The van der Waals surface area contributed by atoms with Crippen LogP contribution >= 0.6 is 0 Å². The standard InChI is InChI=1S/C18H24N4O2/c1-18(2)10-15-13(11-24-18)9-14-16(20-15)19-12-22(17(14)23)8-7-21-5-3-4-6-21/h9,12H,3-8,10-11H2,1-2H3. The highest BCUT2D eigenvalue weighted by molar-refractivity contribution is 5.74. The average Bonchev–Trinajstić information content (AvgIpc) is 3.05. The number of hydrogen-bond acceptors (Lipinski definition) is 5. The average molecular weight is 328 g/mol. The van der Waals surface area contributed by atoms with Gasteiger partial charge in [0, 0.05) is 25.1 Å². The predicted octanol–water partition coefficient (Wildman–Crippen LogP) is 1.74. The monoisotopic (exact) mass is 328 g/mol. The summed E-state index contributed by atoms with van der Waals surface area (Å²) in [5.41, 5.74) is 2.35. The van der Waals surface area contributed by atoms with E-state index in [1.807, 2.05) is 6.07 Å². The molecule has 0 unspecified atom stereocenters. The normalized spacial score (nSPS) is 20.4. The van der Waals surface area contributed by atoms with Gasteiger partial charge in [0.15, 0.2) is 5.65 Å². The summed E-state index contributed by atoms with van der Waals surface area (Å²) in [5.74, 6) is 0. The van der Waals surface area contributed by atoms with Crippen molar-refractivity contribution in [3.63, 3.8) is 0 Å². The number of hydrogen-bond donors (Lipinski definition) is 0. The summed E-state index contributed by atoms with van der Waals surface area (Å²) in [4.78, 5) is 24.2. The molecule has 24 heavy (non-hydrogen) atoms. The van der Waals surface area contributed by atoms with E-state index in [1.165, 1.54) is 12.8 Å². The lowest BCUT2D eigenvalue weighted by molar-refractivity contribution is -0.0411. The van der Waals surface area contributed by atoms with Crippen LogP contribution < -0.4 is 5.56 Å². The minimum Gasteiger partial charge on any atom is -0.370 e. The first kappa shape index (κ1) is 15.7. The highest BCUT2D eigenvalue weighted by atomic mass is 16.5. The van der Waals surface area contributed by atoms with Crippen molar-refractivity contribution in [2.45, 2.75) is 51.9 Å². The van der Waals surface area contributed by atoms with Gasteiger partial charge in [-0.05, 0) is 45.8 Å². The second-order valence-corrected chi connectivity index (χ2v) is 7.48. The van der Waals surface area contributed by atoms with Crippen LogP contribution in [0, 0.1) is 0 Å². The molecule has 128 valence electrons. The van der Waals surface area contributed by atoms with Crippen molar-refractivity contribution in [2.75, 3.05) is 19.6 Å². The fraction of sp³-hybridized carbons (Fsp3) is 0.611. The maximum Gasteiger partial charge on any atom is 0.262 e. The van der Waals surface area contributed by atoms with Crippen LogP contribution in [0.25, 0.3) is 11.0 Å². The molecule has 0 spiro atoms. The van der Waals surface area contributed by atoms with Gasteiger partial charge in [0.2, 0.25) is 0 Å². The van der Waals surface area contributed by atoms with E-state index in [9.17, 15) is 4.79 Å². The van der Waals surface area contributed by atoms with Crippen molar-refractivity contribution in [1.29, 1.82) is 0 Å². The molecule has 6 nitrogen and oxygen atoms in total. The van der Waals surface area contributed by atoms with Crippen LogP contribution in [0.3, 0.4) is 0 Å². The van der Waals surface area contributed by atoms with E-state index in [1.54, 1.807) is 10.9 Å².